The average Bonchev–Trinajstić information content (AvgIpc) is 3.00. The highest BCUT2D eigenvalue weighted by molar-refractivity contribution is 5.91. The average molecular weight is 285 g/mol. The number of ether oxygens (including phenoxy) is 1. The highest BCUT2D eigenvalue weighted by atomic mass is 16.5. The number of carbonyl (C=O) groups excluding carboxylic acids is 1. The Morgan fingerprint density at radius 2 is 2.19 bits per heavy atom. The SMILES string of the molecule is CCOc1ccc(/C=C/C(=O)NCCc2ncc[nH]2)cc1. The number of aromatic nitrogens is 2. The summed E-state index contributed by atoms with van der Waals surface area (Å²) in [4.78, 5) is 18.7. The largest absolute Gasteiger partial charge is 0.494 e. The van der Waals surface area contributed by atoms with Crippen LogP contribution in [0.15, 0.2) is 42.7 Å². The van der Waals surface area contributed by atoms with Crippen LogP contribution in [0.4, 0.5) is 0 Å². The number of hydrogen-bond donors (Lipinski definition) is 2. The van der Waals surface area contributed by atoms with E-state index < -0.39 is 0 Å². The maximum Gasteiger partial charge on any atom is 0.244 e. The van der Waals surface area contributed by atoms with Crippen LogP contribution in [0.5, 0.6) is 5.75 Å². The van der Waals surface area contributed by atoms with E-state index >= 15 is 0 Å². The zero-order valence-corrected chi connectivity index (χ0v) is 12.0. The van der Waals surface area contributed by atoms with Crippen molar-refractivity contribution < 1.29 is 9.53 Å². The third kappa shape index (κ3) is 5.14. The predicted octanol–water partition coefficient (Wildman–Crippen LogP) is 2.18. The number of hydrogen-bond acceptors (Lipinski definition) is 3. The van der Waals surface area contributed by atoms with Crippen molar-refractivity contribution in [2.75, 3.05) is 13.2 Å². The van der Waals surface area contributed by atoms with Crippen LogP contribution in [0.1, 0.15) is 18.3 Å². The van der Waals surface area contributed by atoms with Crippen LogP contribution in [0.2, 0.25) is 0 Å². The molecule has 0 saturated heterocycles. The number of amides is 1. The van der Waals surface area contributed by atoms with Gasteiger partial charge in [-0.2, -0.15) is 0 Å². The summed E-state index contributed by atoms with van der Waals surface area (Å²) in [6, 6.07) is 7.60. The van der Waals surface area contributed by atoms with Gasteiger partial charge < -0.3 is 15.0 Å². The summed E-state index contributed by atoms with van der Waals surface area (Å²) in [6.45, 7) is 3.15. The van der Waals surface area contributed by atoms with Crippen LogP contribution in [0.25, 0.3) is 6.08 Å². The Balaban J connectivity index is 1.75. The Bertz CT molecular complexity index is 574. The van der Waals surface area contributed by atoms with Gasteiger partial charge in [0.05, 0.1) is 6.61 Å². The summed E-state index contributed by atoms with van der Waals surface area (Å²) in [5, 5.41) is 2.81. The number of nitrogens with one attached hydrogen (secondary N) is 2. The first-order valence-electron chi connectivity index (χ1n) is 6.95. The highest BCUT2D eigenvalue weighted by Crippen LogP contribution is 2.12. The van der Waals surface area contributed by atoms with Gasteiger partial charge in [0.1, 0.15) is 11.6 Å². The molecule has 2 N–H and O–H groups in total. The topological polar surface area (TPSA) is 67.0 Å². The monoisotopic (exact) mass is 285 g/mol. The Kier molecular flexibility index (Phi) is 5.58. The van der Waals surface area contributed by atoms with E-state index in [-0.39, 0.29) is 5.91 Å². The number of imidazole rings is 1. The van der Waals surface area contributed by atoms with E-state index in [2.05, 4.69) is 15.3 Å². The molecule has 0 unspecified atom stereocenters. The van der Waals surface area contributed by atoms with Gasteiger partial charge in [-0.1, -0.05) is 12.1 Å². The molecule has 1 amide bonds. The molecule has 0 bridgehead atoms. The Labute approximate surface area is 124 Å². The van der Waals surface area contributed by atoms with Gasteiger partial charge in [0.25, 0.3) is 0 Å². The number of carbonyl (C=O) groups is 1. The summed E-state index contributed by atoms with van der Waals surface area (Å²) in [5.74, 6) is 1.58. The molecule has 0 spiro atoms. The van der Waals surface area contributed by atoms with Crippen molar-refractivity contribution in [3.05, 3.63) is 54.1 Å². The maximum absolute atomic E-state index is 11.7. The molecule has 0 fully saturated rings. The molecule has 1 aromatic carbocycles. The van der Waals surface area contributed by atoms with Crippen LogP contribution >= 0.6 is 0 Å². The second-order valence-corrected chi connectivity index (χ2v) is 4.41. The fourth-order valence-electron chi connectivity index (χ4n) is 1.81. The summed E-state index contributed by atoms with van der Waals surface area (Å²) in [7, 11) is 0. The standard InChI is InChI=1S/C16H19N3O2/c1-2-21-14-6-3-13(4-7-14)5-8-16(20)19-10-9-15-17-11-12-18-15/h3-8,11-12H,2,9-10H2,1H3,(H,17,18)(H,19,20)/b8-5+. The number of benzene rings is 1. The quantitative estimate of drug-likeness (QED) is 0.766. The zero-order chi connectivity index (χ0) is 14.9. The van der Waals surface area contributed by atoms with Gasteiger partial charge in [-0.15, -0.1) is 0 Å². The van der Waals surface area contributed by atoms with E-state index in [1.807, 2.05) is 31.2 Å². The van der Waals surface area contributed by atoms with Crippen LogP contribution in [-0.4, -0.2) is 29.0 Å². The molecular weight excluding hydrogens is 266 g/mol. The molecule has 0 aliphatic rings. The van der Waals surface area contributed by atoms with Crippen LogP contribution < -0.4 is 10.1 Å². The molecule has 2 rings (SSSR count). The van der Waals surface area contributed by atoms with Crippen molar-refractivity contribution in [3.8, 4) is 5.75 Å². The number of nitrogens with zero attached hydrogens (tertiary/aromatic N) is 1. The lowest BCUT2D eigenvalue weighted by atomic mass is 10.2. The molecule has 0 aliphatic carbocycles. The van der Waals surface area contributed by atoms with E-state index in [0.717, 1.165) is 17.1 Å². The first-order valence-corrected chi connectivity index (χ1v) is 6.95. The molecule has 0 atom stereocenters. The van der Waals surface area contributed by atoms with Crippen molar-refractivity contribution in [2.45, 2.75) is 13.3 Å². The lowest BCUT2D eigenvalue weighted by Gasteiger charge is -2.02. The van der Waals surface area contributed by atoms with Crippen LogP contribution in [0, 0.1) is 0 Å². The predicted molar refractivity (Wildman–Crippen MR) is 81.9 cm³/mol. The minimum Gasteiger partial charge on any atom is -0.494 e. The van der Waals surface area contributed by atoms with Gasteiger partial charge in [-0.05, 0) is 30.7 Å². The van der Waals surface area contributed by atoms with E-state index in [1.165, 1.54) is 6.08 Å². The second-order valence-electron chi connectivity index (χ2n) is 4.41. The van der Waals surface area contributed by atoms with Crippen molar-refractivity contribution in [1.29, 1.82) is 0 Å². The van der Waals surface area contributed by atoms with Gasteiger partial charge in [0.15, 0.2) is 0 Å². The third-order valence-electron chi connectivity index (χ3n) is 2.83. The molecule has 21 heavy (non-hydrogen) atoms. The van der Waals surface area contributed by atoms with Crippen molar-refractivity contribution >= 4 is 12.0 Å². The van der Waals surface area contributed by atoms with Crippen molar-refractivity contribution in [2.24, 2.45) is 0 Å². The fraction of sp³-hybridized carbons (Fsp3) is 0.250. The summed E-state index contributed by atoms with van der Waals surface area (Å²) < 4.78 is 5.36. The normalized spacial score (nSPS) is 10.7. The smallest absolute Gasteiger partial charge is 0.244 e. The zero-order valence-electron chi connectivity index (χ0n) is 12.0. The fourth-order valence-corrected chi connectivity index (χ4v) is 1.81. The Hall–Kier alpha value is -2.56. The molecule has 5 nitrogen and oxygen atoms in total. The number of H-pyrrole nitrogens is 1. The molecule has 1 aromatic heterocycles. The van der Waals surface area contributed by atoms with Gasteiger partial charge in [0.2, 0.25) is 5.91 Å². The van der Waals surface area contributed by atoms with Crippen molar-refractivity contribution in [1.82, 2.24) is 15.3 Å². The first kappa shape index (κ1) is 14.8. The minimum absolute atomic E-state index is 0.115. The van der Waals surface area contributed by atoms with Crippen LogP contribution in [0.3, 0.4) is 0 Å². The van der Waals surface area contributed by atoms with Crippen LogP contribution in [-0.2, 0) is 11.2 Å². The number of rotatable bonds is 7. The summed E-state index contributed by atoms with van der Waals surface area (Å²) >= 11 is 0. The van der Waals surface area contributed by atoms with Gasteiger partial charge in [-0.3, -0.25) is 4.79 Å². The van der Waals surface area contributed by atoms with Gasteiger partial charge in [0, 0.05) is 31.4 Å². The van der Waals surface area contributed by atoms with E-state index in [0.29, 0.717) is 19.6 Å². The second kappa shape index (κ2) is 7.89. The van der Waals surface area contributed by atoms with Gasteiger partial charge >= 0.3 is 0 Å². The van der Waals surface area contributed by atoms with E-state index in [9.17, 15) is 4.79 Å². The third-order valence-corrected chi connectivity index (χ3v) is 2.83. The maximum atomic E-state index is 11.7. The molecule has 2 aromatic rings. The Morgan fingerprint density at radius 1 is 1.38 bits per heavy atom. The summed E-state index contributed by atoms with van der Waals surface area (Å²) in [5.41, 5.74) is 0.958. The lowest BCUT2D eigenvalue weighted by Crippen LogP contribution is -2.23. The Morgan fingerprint density at radius 3 is 2.86 bits per heavy atom. The molecule has 0 radical (unpaired) electrons. The van der Waals surface area contributed by atoms with Gasteiger partial charge in [-0.25, -0.2) is 4.98 Å². The lowest BCUT2D eigenvalue weighted by molar-refractivity contribution is -0.116. The van der Waals surface area contributed by atoms with Crippen molar-refractivity contribution in [3.63, 3.8) is 0 Å². The molecule has 1 heterocycles. The molecule has 0 saturated carbocycles. The molecule has 110 valence electrons. The molecule has 0 aliphatic heterocycles. The minimum atomic E-state index is -0.115. The first-order chi connectivity index (χ1) is 10.3. The number of aromatic amines is 1. The van der Waals surface area contributed by atoms with E-state index in [1.54, 1.807) is 18.5 Å². The molecular formula is C16H19N3O2. The molecule has 5 heteroatoms. The van der Waals surface area contributed by atoms with E-state index in [4.69, 9.17) is 4.74 Å². The highest BCUT2D eigenvalue weighted by Gasteiger charge is 1.98. The summed E-state index contributed by atoms with van der Waals surface area (Å²) in [6.07, 6.45) is 7.46.